The number of rotatable bonds is 5. The molecule has 7 heteroatoms. The third-order valence-corrected chi connectivity index (χ3v) is 5.82. The number of carbonyl (C=O) groups is 2. The molecule has 1 N–H and O–H groups in total. The van der Waals surface area contributed by atoms with E-state index in [4.69, 9.17) is 23.2 Å². The quantitative estimate of drug-likeness (QED) is 0.549. The molecule has 0 saturated carbocycles. The van der Waals surface area contributed by atoms with E-state index in [-0.39, 0.29) is 24.9 Å². The van der Waals surface area contributed by atoms with E-state index in [0.717, 1.165) is 6.42 Å². The summed E-state index contributed by atoms with van der Waals surface area (Å²) in [4.78, 5) is 31.7. The number of benzodiazepines with no additional fused rings is 1. The van der Waals surface area contributed by atoms with Gasteiger partial charge in [0.15, 0.2) is 0 Å². The first kappa shape index (κ1) is 22.1. The van der Waals surface area contributed by atoms with Crippen LogP contribution in [0.15, 0.2) is 71.7 Å². The zero-order chi connectivity index (χ0) is 22.7. The Morgan fingerprint density at radius 2 is 1.78 bits per heavy atom. The molecule has 1 heterocycles. The average Bonchev–Trinajstić information content (AvgIpc) is 2.91. The highest BCUT2D eigenvalue weighted by atomic mass is 35.5. The van der Waals surface area contributed by atoms with Crippen LogP contribution in [-0.4, -0.2) is 30.6 Å². The molecule has 0 radical (unpaired) electrons. The van der Waals surface area contributed by atoms with Crippen molar-refractivity contribution in [3.63, 3.8) is 0 Å². The van der Waals surface area contributed by atoms with Crippen molar-refractivity contribution in [2.75, 3.05) is 23.3 Å². The van der Waals surface area contributed by atoms with Crippen molar-refractivity contribution in [1.82, 2.24) is 0 Å². The number of nitrogens with zero attached hydrogens (tertiary/aromatic N) is 2. The highest BCUT2D eigenvalue weighted by Crippen LogP contribution is 2.31. The van der Waals surface area contributed by atoms with Gasteiger partial charge in [0.05, 0.1) is 11.4 Å². The Hall–Kier alpha value is -3.15. The Labute approximate surface area is 196 Å². The van der Waals surface area contributed by atoms with Crippen molar-refractivity contribution in [2.45, 2.75) is 13.3 Å². The summed E-state index contributed by atoms with van der Waals surface area (Å²) < 4.78 is 0. The van der Waals surface area contributed by atoms with Crippen LogP contribution in [0.1, 0.15) is 23.6 Å². The lowest BCUT2D eigenvalue weighted by Crippen LogP contribution is -2.39. The second-order valence-corrected chi connectivity index (χ2v) is 8.23. The van der Waals surface area contributed by atoms with Gasteiger partial charge in [-0.15, -0.1) is 0 Å². The van der Waals surface area contributed by atoms with Crippen molar-refractivity contribution in [1.29, 1.82) is 0 Å². The number of nitrogens with one attached hydrogen (secondary N) is 1. The number of aliphatic imine (C=N–C) groups is 1. The Bertz CT molecular complexity index is 1210. The van der Waals surface area contributed by atoms with Crippen LogP contribution in [0.2, 0.25) is 10.0 Å². The van der Waals surface area contributed by atoms with E-state index in [1.165, 1.54) is 10.5 Å². The number of carbonyl (C=O) groups excluding carboxylic acids is 2. The normalized spacial score (nSPS) is 13.3. The molecule has 1 aliphatic heterocycles. The molecular weight excluding hydrogens is 445 g/mol. The van der Waals surface area contributed by atoms with E-state index in [0.29, 0.717) is 38.3 Å². The minimum Gasteiger partial charge on any atom is -0.325 e. The van der Waals surface area contributed by atoms with Gasteiger partial charge >= 0.3 is 0 Å². The maximum Gasteiger partial charge on any atom is 0.249 e. The molecule has 162 valence electrons. The zero-order valence-corrected chi connectivity index (χ0v) is 19.0. The molecule has 0 fully saturated rings. The number of hydrogen-bond acceptors (Lipinski definition) is 3. The summed E-state index contributed by atoms with van der Waals surface area (Å²) in [5, 5.41) is 3.88. The molecule has 0 atom stereocenters. The van der Waals surface area contributed by atoms with Gasteiger partial charge in [-0.1, -0.05) is 60.5 Å². The van der Waals surface area contributed by atoms with Crippen molar-refractivity contribution < 1.29 is 9.59 Å². The first-order valence-electron chi connectivity index (χ1n) is 10.2. The third kappa shape index (κ3) is 4.69. The lowest BCUT2D eigenvalue weighted by molar-refractivity contribution is -0.120. The largest absolute Gasteiger partial charge is 0.325 e. The van der Waals surface area contributed by atoms with E-state index in [2.05, 4.69) is 17.2 Å². The van der Waals surface area contributed by atoms with Crippen LogP contribution in [0.25, 0.3) is 0 Å². The number of benzene rings is 3. The van der Waals surface area contributed by atoms with Gasteiger partial charge < -0.3 is 10.2 Å². The number of anilines is 2. The van der Waals surface area contributed by atoms with Crippen LogP contribution >= 0.6 is 23.2 Å². The fourth-order valence-corrected chi connectivity index (χ4v) is 4.01. The molecule has 0 aliphatic carbocycles. The highest BCUT2D eigenvalue weighted by molar-refractivity contribution is 6.37. The minimum absolute atomic E-state index is 0.106. The standard InChI is InChI=1S/C25H21Cl2N3O2/c1-2-16-7-10-18(11-8-16)29-23(31)15-30-22-12-9-17(26)13-20(22)25(28-14-24(30)32)19-5-3-4-6-21(19)27/h3-13H,2,14-15H2,1H3,(H,29,31). The summed E-state index contributed by atoms with van der Waals surface area (Å²) in [7, 11) is 0. The SMILES string of the molecule is CCc1ccc(NC(=O)CN2C(=O)CN=C(c3ccccc3Cl)c3cc(Cl)ccc32)cc1. The van der Waals surface area contributed by atoms with Crippen molar-refractivity contribution >= 4 is 52.1 Å². The molecule has 5 nitrogen and oxygen atoms in total. The van der Waals surface area contributed by atoms with E-state index >= 15 is 0 Å². The Morgan fingerprint density at radius 1 is 1.03 bits per heavy atom. The van der Waals surface area contributed by atoms with Crippen LogP contribution in [0, 0.1) is 0 Å². The molecule has 0 aromatic heterocycles. The molecule has 32 heavy (non-hydrogen) atoms. The third-order valence-electron chi connectivity index (χ3n) is 5.25. The lowest BCUT2D eigenvalue weighted by Gasteiger charge is -2.23. The molecule has 4 rings (SSSR count). The molecule has 0 spiro atoms. The van der Waals surface area contributed by atoms with Gasteiger partial charge in [-0.25, -0.2) is 0 Å². The monoisotopic (exact) mass is 465 g/mol. The molecule has 3 aromatic rings. The van der Waals surface area contributed by atoms with Gasteiger partial charge in [0.2, 0.25) is 11.8 Å². The predicted octanol–water partition coefficient (Wildman–Crippen LogP) is 5.38. The molecule has 0 unspecified atom stereocenters. The highest BCUT2D eigenvalue weighted by Gasteiger charge is 2.27. The zero-order valence-electron chi connectivity index (χ0n) is 17.4. The number of hydrogen-bond donors (Lipinski definition) is 1. The van der Waals surface area contributed by atoms with Gasteiger partial charge in [0.1, 0.15) is 13.1 Å². The van der Waals surface area contributed by atoms with Gasteiger partial charge in [0, 0.05) is 26.9 Å². The van der Waals surface area contributed by atoms with Crippen LogP contribution in [0.3, 0.4) is 0 Å². The fraction of sp³-hybridized carbons (Fsp3) is 0.160. The predicted molar refractivity (Wildman–Crippen MR) is 130 cm³/mol. The smallest absolute Gasteiger partial charge is 0.249 e. The average molecular weight is 466 g/mol. The van der Waals surface area contributed by atoms with Crippen LogP contribution < -0.4 is 10.2 Å². The van der Waals surface area contributed by atoms with Crippen molar-refractivity contribution in [3.8, 4) is 0 Å². The maximum atomic E-state index is 13.0. The lowest BCUT2D eigenvalue weighted by atomic mass is 10.00. The van der Waals surface area contributed by atoms with Crippen LogP contribution in [0.4, 0.5) is 11.4 Å². The summed E-state index contributed by atoms with van der Waals surface area (Å²) in [6, 6.07) is 20.1. The van der Waals surface area contributed by atoms with Gasteiger partial charge in [-0.3, -0.25) is 14.6 Å². The van der Waals surface area contributed by atoms with Crippen molar-refractivity contribution in [2.24, 2.45) is 4.99 Å². The topological polar surface area (TPSA) is 61.8 Å². The van der Waals surface area contributed by atoms with E-state index in [1.807, 2.05) is 42.5 Å². The summed E-state index contributed by atoms with van der Waals surface area (Å²) in [6.45, 7) is 1.82. The van der Waals surface area contributed by atoms with E-state index in [1.54, 1.807) is 24.3 Å². The number of amides is 2. The number of halogens is 2. The van der Waals surface area contributed by atoms with Gasteiger partial charge in [-0.2, -0.15) is 0 Å². The van der Waals surface area contributed by atoms with Gasteiger partial charge in [0.25, 0.3) is 0 Å². The fourth-order valence-electron chi connectivity index (χ4n) is 3.61. The Kier molecular flexibility index (Phi) is 6.58. The van der Waals surface area contributed by atoms with Crippen LogP contribution in [-0.2, 0) is 16.0 Å². The number of fused-ring (bicyclic) bond motifs is 1. The minimum atomic E-state index is -0.301. The van der Waals surface area contributed by atoms with E-state index in [9.17, 15) is 9.59 Å². The summed E-state index contributed by atoms with van der Waals surface area (Å²) in [6.07, 6.45) is 0.920. The molecule has 2 amide bonds. The van der Waals surface area contributed by atoms with Crippen molar-refractivity contribution in [3.05, 3.63) is 93.5 Å². The maximum absolute atomic E-state index is 13.0. The second-order valence-electron chi connectivity index (χ2n) is 7.38. The summed E-state index contributed by atoms with van der Waals surface area (Å²) >= 11 is 12.7. The molecule has 1 aliphatic rings. The van der Waals surface area contributed by atoms with Crippen LogP contribution in [0.5, 0.6) is 0 Å². The molecule has 0 bridgehead atoms. The summed E-state index contributed by atoms with van der Waals surface area (Å²) in [5.41, 5.74) is 4.34. The first-order valence-corrected chi connectivity index (χ1v) is 11.0. The molecule has 0 saturated heterocycles. The Morgan fingerprint density at radius 3 is 2.50 bits per heavy atom. The first-order chi connectivity index (χ1) is 15.5. The molecular formula is C25H21Cl2N3O2. The van der Waals surface area contributed by atoms with Gasteiger partial charge in [-0.05, 0) is 48.4 Å². The number of aryl methyl sites for hydroxylation is 1. The second kappa shape index (κ2) is 9.55. The van der Waals surface area contributed by atoms with E-state index < -0.39 is 0 Å². The molecule has 3 aromatic carbocycles. The summed E-state index contributed by atoms with van der Waals surface area (Å²) in [5.74, 6) is -0.586. The Balaban J connectivity index is 1.65.